The van der Waals surface area contributed by atoms with Crippen molar-refractivity contribution in [2.45, 2.75) is 24.8 Å². The molecule has 1 heterocycles. The second kappa shape index (κ2) is 8.57. The van der Waals surface area contributed by atoms with Crippen molar-refractivity contribution < 1.29 is 31.4 Å². The van der Waals surface area contributed by atoms with Crippen molar-refractivity contribution in [1.82, 2.24) is 10.2 Å². The first kappa shape index (κ1) is 22.0. The molecule has 0 unspecified atom stereocenters. The number of hydrogen-bond acceptors (Lipinski definition) is 3. The van der Waals surface area contributed by atoms with Crippen molar-refractivity contribution >= 4 is 12.4 Å². The van der Waals surface area contributed by atoms with Gasteiger partial charge in [0.25, 0.3) is 0 Å². The smallest absolute Gasteiger partial charge is 0.396 e. The van der Waals surface area contributed by atoms with E-state index in [1.54, 1.807) is 4.90 Å². The van der Waals surface area contributed by atoms with Crippen LogP contribution in [0.15, 0.2) is 18.2 Å². The highest BCUT2D eigenvalue weighted by molar-refractivity contribution is 5.85. The number of rotatable bonds is 4. The van der Waals surface area contributed by atoms with Gasteiger partial charge in [0.1, 0.15) is 0 Å². The number of nitrogens with zero attached hydrogens (tertiary/aromatic N) is 1. The molecular weight excluding hydrogens is 374 g/mol. The molecule has 10 heteroatoms. The lowest BCUT2D eigenvalue weighted by molar-refractivity contribution is -0.143. The van der Waals surface area contributed by atoms with Crippen molar-refractivity contribution in [3.05, 3.63) is 34.9 Å². The SMILES string of the molecule is Cl.OCC[C@@H](c1cc(C(F)(F)F)cc(C(F)(F)F)c1)N1CCNCC1. The molecule has 0 saturated carbocycles. The van der Waals surface area contributed by atoms with E-state index in [0.717, 1.165) is 12.1 Å². The Balaban J connectivity index is 0.00000312. The Morgan fingerprint density at radius 3 is 1.84 bits per heavy atom. The van der Waals surface area contributed by atoms with Gasteiger partial charge >= 0.3 is 12.4 Å². The predicted molar refractivity (Wildman–Crippen MR) is 82.6 cm³/mol. The summed E-state index contributed by atoms with van der Waals surface area (Å²) < 4.78 is 77.9. The monoisotopic (exact) mass is 392 g/mol. The molecule has 0 radical (unpaired) electrons. The summed E-state index contributed by atoms with van der Waals surface area (Å²) in [5.74, 6) is 0. The molecule has 25 heavy (non-hydrogen) atoms. The maximum absolute atomic E-state index is 13.0. The molecule has 144 valence electrons. The summed E-state index contributed by atoms with van der Waals surface area (Å²) >= 11 is 0. The fraction of sp³-hybridized carbons (Fsp3) is 0.600. The van der Waals surface area contributed by atoms with Crippen molar-refractivity contribution in [2.24, 2.45) is 0 Å². The van der Waals surface area contributed by atoms with Crippen LogP contribution in [0.4, 0.5) is 26.3 Å². The third kappa shape index (κ3) is 5.73. The zero-order valence-electron chi connectivity index (χ0n) is 13.1. The Hall–Kier alpha value is -1.03. The second-order valence-electron chi connectivity index (χ2n) is 5.65. The van der Waals surface area contributed by atoms with E-state index >= 15 is 0 Å². The van der Waals surface area contributed by atoms with Gasteiger partial charge < -0.3 is 10.4 Å². The number of piperazine rings is 1. The molecule has 1 saturated heterocycles. The first-order valence-electron chi connectivity index (χ1n) is 7.48. The zero-order valence-corrected chi connectivity index (χ0v) is 13.9. The standard InChI is InChI=1S/C15H18F6N2O.ClH/c16-14(17,18)11-7-10(8-12(9-11)15(19,20)21)13(1-6-24)23-4-2-22-3-5-23;/h7-9,13,22,24H,1-6H2;1H/t13-;/m0./s1. The van der Waals surface area contributed by atoms with E-state index in [-0.39, 0.29) is 37.1 Å². The molecule has 0 spiro atoms. The normalized spacial score (nSPS) is 17.9. The van der Waals surface area contributed by atoms with Gasteiger partial charge in [-0.3, -0.25) is 4.90 Å². The third-order valence-electron chi connectivity index (χ3n) is 3.99. The molecule has 1 fully saturated rings. The predicted octanol–water partition coefficient (Wildman–Crippen LogP) is 3.47. The summed E-state index contributed by atoms with van der Waals surface area (Å²) in [5.41, 5.74) is -2.73. The molecule has 0 amide bonds. The van der Waals surface area contributed by atoms with Crippen LogP contribution in [-0.2, 0) is 12.4 Å². The van der Waals surface area contributed by atoms with Gasteiger partial charge in [0.15, 0.2) is 0 Å². The maximum atomic E-state index is 13.0. The number of aliphatic hydroxyl groups excluding tert-OH is 1. The summed E-state index contributed by atoms with van der Waals surface area (Å²) in [6.45, 7) is 1.83. The van der Waals surface area contributed by atoms with Crippen LogP contribution < -0.4 is 5.32 Å². The molecule has 1 aromatic carbocycles. The van der Waals surface area contributed by atoms with Crippen molar-refractivity contribution in [2.75, 3.05) is 32.8 Å². The van der Waals surface area contributed by atoms with Crippen LogP contribution in [0.3, 0.4) is 0 Å². The first-order valence-corrected chi connectivity index (χ1v) is 7.48. The molecular formula is C15H19ClF6N2O. The van der Waals surface area contributed by atoms with Crippen LogP contribution >= 0.6 is 12.4 Å². The van der Waals surface area contributed by atoms with Gasteiger partial charge in [-0.2, -0.15) is 26.3 Å². The van der Waals surface area contributed by atoms with E-state index in [1.807, 2.05) is 0 Å². The number of nitrogens with one attached hydrogen (secondary N) is 1. The molecule has 1 aromatic rings. The average Bonchev–Trinajstić information content (AvgIpc) is 2.51. The molecule has 0 aliphatic carbocycles. The van der Waals surface area contributed by atoms with Crippen LogP contribution in [0.2, 0.25) is 0 Å². The Kier molecular flexibility index (Phi) is 7.54. The second-order valence-corrected chi connectivity index (χ2v) is 5.65. The Morgan fingerprint density at radius 2 is 1.44 bits per heavy atom. The first-order chi connectivity index (χ1) is 11.1. The van der Waals surface area contributed by atoms with Gasteiger partial charge in [0.2, 0.25) is 0 Å². The van der Waals surface area contributed by atoms with Crippen LogP contribution in [-0.4, -0.2) is 42.8 Å². The molecule has 1 aliphatic rings. The topological polar surface area (TPSA) is 35.5 Å². The number of hydrogen-bond donors (Lipinski definition) is 2. The van der Waals surface area contributed by atoms with E-state index in [0.29, 0.717) is 26.2 Å². The van der Waals surface area contributed by atoms with E-state index in [9.17, 15) is 31.4 Å². The minimum absolute atomic E-state index is 0. The van der Waals surface area contributed by atoms with Crippen LogP contribution in [0.25, 0.3) is 0 Å². The van der Waals surface area contributed by atoms with Crippen molar-refractivity contribution in [3.8, 4) is 0 Å². The molecule has 0 bridgehead atoms. The van der Waals surface area contributed by atoms with Gasteiger partial charge in [-0.15, -0.1) is 12.4 Å². The lowest BCUT2D eigenvalue weighted by Gasteiger charge is -2.35. The number of benzene rings is 1. The molecule has 3 nitrogen and oxygen atoms in total. The minimum atomic E-state index is -4.87. The number of halogens is 7. The van der Waals surface area contributed by atoms with Crippen LogP contribution in [0.1, 0.15) is 29.2 Å². The van der Waals surface area contributed by atoms with E-state index in [4.69, 9.17) is 0 Å². The molecule has 1 aliphatic heterocycles. The lowest BCUT2D eigenvalue weighted by Crippen LogP contribution is -2.45. The summed E-state index contributed by atoms with van der Waals surface area (Å²) in [4.78, 5) is 1.79. The van der Waals surface area contributed by atoms with Crippen molar-refractivity contribution in [3.63, 3.8) is 0 Å². The summed E-state index contributed by atoms with van der Waals surface area (Å²) in [7, 11) is 0. The highest BCUT2D eigenvalue weighted by Gasteiger charge is 2.38. The Morgan fingerprint density at radius 1 is 0.960 bits per heavy atom. The largest absolute Gasteiger partial charge is 0.416 e. The summed E-state index contributed by atoms with van der Waals surface area (Å²) in [6, 6.07) is 0.924. The van der Waals surface area contributed by atoms with Gasteiger partial charge in [-0.1, -0.05) is 0 Å². The molecule has 1 atom stereocenters. The quantitative estimate of drug-likeness (QED) is 0.770. The minimum Gasteiger partial charge on any atom is -0.396 e. The summed E-state index contributed by atoms with van der Waals surface area (Å²) in [6.07, 6.45) is -9.68. The zero-order chi connectivity index (χ0) is 18.0. The highest BCUT2D eigenvalue weighted by Crippen LogP contribution is 2.38. The summed E-state index contributed by atoms with van der Waals surface area (Å²) in [5, 5.41) is 12.3. The maximum Gasteiger partial charge on any atom is 0.416 e. The average molecular weight is 393 g/mol. The molecule has 0 aromatic heterocycles. The van der Waals surface area contributed by atoms with Gasteiger partial charge in [0, 0.05) is 38.8 Å². The molecule has 2 N–H and O–H groups in total. The van der Waals surface area contributed by atoms with E-state index < -0.39 is 29.5 Å². The third-order valence-corrected chi connectivity index (χ3v) is 3.99. The van der Waals surface area contributed by atoms with Gasteiger partial charge in [-0.05, 0) is 30.2 Å². The highest BCUT2D eigenvalue weighted by atomic mass is 35.5. The lowest BCUT2D eigenvalue weighted by atomic mass is 9.96. The van der Waals surface area contributed by atoms with Crippen LogP contribution in [0, 0.1) is 0 Å². The molecule has 2 rings (SSSR count). The van der Waals surface area contributed by atoms with Gasteiger partial charge in [-0.25, -0.2) is 0 Å². The fourth-order valence-electron chi connectivity index (χ4n) is 2.85. The Labute approximate surface area is 147 Å². The number of aliphatic hydroxyl groups is 1. The van der Waals surface area contributed by atoms with E-state index in [1.165, 1.54) is 0 Å². The van der Waals surface area contributed by atoms with Crippen molar-refractivity contribution in [1.29, 1.82) is 0 Å². The van der Waals surface area contributed by atoms with Crippen LogP contribution in [0.5, 0.6) is 0 Å². The van der Waals surface area contributed by atoms with E-state index in [2.05, 4.69) is 5.32 Å². The Bertz CT molecular complexity index is 526. The fourth-order valence-corrected chi connectivity index (χ4v) is 2.85. The van der Waals surface area contributed by atoms with Gasteiger partial charge in [0.05, 0.1) is 11.1 Å². The number of alkyl halides is 6.